The van der Waals surface area contributed by atoms with Gasteiger partial charge in [0.2, 0.25) is 5.91 Å². The molecule has 0 bridgehead atoms. The Bertz CT molecular complexity index is 349. The Labute approximate surface area is 116 Å². The van der Waals surface area contributed by atoms with Crippen LogP contribution in [-0.2, 0) is 14.3 Å². The predicted octanol–water partition coefficient (Wildman–Crippen LogP) is 1.28. The summed E-state index contributed by atoms with van der Waals surface area (Å²) in [5.41, 5.74) is -0.785. The van der Waals surface area contributed by atoms with Crippen LogP contribution in [0.4, 0.5) is 13.2 Å². The van der Waals surface area contributed by atoms with Gasteiger partial charge in [0.15, 0.2) is 0 Å². The van der Waals surface area contributed by atoms with Crippen molar-refractivity contribution in [2.75, 3.05) is 33.7 Å². The van der Waals surface area contributed by atoms with Gasteiger partial charge in [-0.2, -0.15) is 13.2 Å². The molecule has 0 saturated carbocycles. The van der Waals surface area contributed by atoms with Crippen molar-refractivity contribution in [1.82, 2.24) is 9.80 Å². The Morgan fingerprint density at radius 2 is 1.55 bits per heavy atom. The second kappa shape index (κ2) is 6.92. The molecule has 0 radical (unpaired) electrons. The van der Waals surface area contributed by atoms with E-state index in [4.69, 9.17) is 4.74 Å². The molecule has 0 aromatic heterocycles. The number of halogens is 3. The summed E-state index contributed by atoms with van der Waals surface area (Å²) in [5.74, 6) is -1.31. The molecule has 0 saturated heterocycles. The van der Waals surface area contributed by atoms with Gasteiger partial charge in [0.05, 0.1) is 19.6 Å². The maximum atomic E-state index is 12.4. The first-order valence-corrected chi connectivity index (χ1v) is 6.01. The van der Waals surface area contributed by atoms with Crippen LogP contribution in [0.2, 0.25) is 0 Å². The van der Waals surface area contributed by atoms with E-state index in [9.17, 15) is 22.8 Å². The molecule has 1 amide bonds. The van der Waals surface area contributed by atoms with E-state index in [1.807, 2.05) is 0 Å². The first-order chi connectivity index (χ1) is 8.80. The van der Waals surface area contributed by atoms with Gasteiger partial charge in [-0.05, 0) is 20.8 Å². The number of hydrogen-bond acceptors (Lipinski definition) is 4. The Kier molecular flexibility index (Phi) is 6.46. The second-order valence-corrected chi connectivity index (χ2v) is 5.63. The minimum absolute atomic E-state index is 0.494. The van der Waals surface area contributed by atoms with E-state index < -0.39 is 43.3 Å². The molecule has 118 valence electrons. The average molecular weight is 298 g/mol. The lowest BCUT2D eigenvalue weighted by Gasteiger charge is -2.26. The van der Waals surface area contributed by atoms with Gasteiger partial charge in [-0.25, -0.2) is 0 Å². The van der Waals surface area contributed by atoms with Crippen LogP contribution in [0.3, 0.4) is 0 Å². The molecule has 0 heterocycles. The Morgan fingerprint density at radius 1 is 1.05 bits per heavy atom. The summed E-state index contributed by atoms with van der Waals surface area (Å²) in [6.07, 6.45) is -4.49. The van der Waals surface area contributed by atoms with E-state index in [1.165, 1.54) is 19.0 Å². The van der Waals surface area contributed by atoms with Gasteiger partial charge < -0.3 is 9.64 Å². The third kappa shape index (κ3) is 9.60. The van der Waals surface area contributed by atoms with E-state index >= 15 is 0 Å². The van der Waals surface area contributed by atoms with Crippen LogP contribution < -0.4 is 0 Å². The molecule has 0 aliphatic heterocycles. The number of carbonyl (C=O) groups excluding carboxylic acids is 2. The van der Waals surface area contributed by atoms with Crippen LogP contribution in [0.25, 0.3) is 0 Å². The summed E-state index contributed by atoms with van der Waals surface area (Å²) in [4.78, 5) is 24.9. The molecule has 20 heavy (non-hydrogen) atoms. The lowest BCUT2D eigenvalue weighted by atomic mass is 10.2. The van der Waals surface area contributed by atoms with Crippen molar-refractivity contribution in [1.29, 1.82) is 0 Å². The normalized spacial score (nSPS) is 12.4. The summed E-state index contributed by atoms with van der Waals surface area (Å²) < 4.78 is 42.2. The van der Waals surface area contributed by atoms with Gasteiger partial charge in [-0.3, -0.25) is 14.5 Å². The van der Waals surface area contributed by atoms with Crippen molar-refractivity contribution < 1.29 is 27.5 Å². The van der Waals surface area contributed by atoms with Crippen LogP contribution in [0.5, 0.6) is 0 Å². The second-order valence-electron chi connectivity index (χ2n) is 5.63. The van der Waals surface area contributed by atoms with Gasteiger partial charge in [0.1, 0.15) is 5.60 Å². The first kappa shape index (κ1) is 18.7. The number of hydrogen-bond donors (Lipinski definition) is 0. The van der Waals surface area contributed by atoms with E-state index in [0.717, 1.165) is 4.90 Å². The molecular weight excluding hydrogens is 277 g/mol. The topological polar surface area (TPSA) is 49.9 Å². The highest BCUT2D eigenvalue weighted by molar-refractivity contribution is 5.79. The number of amides is 1. The largest absolute Gasteiger partial charge is 0.459 e. The average Bonchev–Trinajstić information content (AvgIpc) is 2.10. The van der Waals surface area contributed by atoms with Crippen LogP contribution in [-0.4, -0.2) is 67.2 Å². The van der Waals surface area contributed by atoms with E-state index in [-0.39, 0.29) is 0 Å². The molecule has 0 unspecified atom stereocenters. The van der Waals surface area contributed by atoms with Crippen LogP contribution in [0, 0.1) is 0 Å². The minimum atomic E-state index is -4.49. The fourth-order valence-corrected chi connectivity index (χ4v) is 1.31. The van der Waals surface area contributed by atoms with Crippen molar-refractivity contribution in [2.24, 2.45) is 0 Å². The van der Waals surface area contributed by atoms with Crippen molar-refractivity contribution in [2.45, 2.75) is 32.5 Å². The molecule has 0 aliphatic carbocycles. The summed E-state index contributed by atoms with van der Waals surface area (Å²) >= 11 is 0. The lowest BCUT2D eigenvalue weighted by molar-refractivity contribution is -0.165. The third-order valence-corrected chi connectivity index (χ3v) is 2.03. The highest BCUT2D eigenvalue weighted by Gasteiger charge is 2.33. The Balaban J connectivity index is 4.69. The molecular formula is C12H21F3N2O3. The Hall–Kier alpha value is -1.31. The molecule has 8 heteroatoms. The maximum absolute atomic E-state index is 12.4. The predicted molar refractivity (Wildman–Crippen MR) is 67.0 cm³/mol. The van der Waals surface area contributed by atoms with Gasteiger partial charge in [0.25, 0.3) is 0 Å². The van der Waals surface area contributed by atoms with E-state index in [0.29, 0.717) is 0 Å². The number of carbonyl (C=O) groups is 2. The zero-order valence-corrected chi connectivity index (χ0v) is 12.4. The molecule has 0 aromatic carbocycles. The van der Waals surface area contributed by atoms with Crippen LogP contribution in [0.15, 0.2) is 0 Å². The molecule has 0 rings (SSSR count). The third-order valence-electron chi connectivity index (χ3n) is 2.03. The first-order valence-electron chi connectivity index (χ1n) is 6.01. The fraction of sp³-hybridized carbons (Fsp3) is 0.833. The number of alkyl halides is 3. The molecule has 0 aliphatic rings. The number of ether oxygens (including phenoxy) is 1. The molecule has 0 atom stereocenters. The van der Waals surface area contributed by atoms with Crippen LogP contribution >= 0.6 is 0 Å². The fourth-order valence-electron chi connectivity index (χ4n) is 1.31. The highest BCUT2D eigenvalue weighted by Crippen LogP contribution is 2.17. The number of likely N-dealkylation sites (N-methyl/N-ethyl adjacent to an activating group) is 1. The van der Waals surface area contributed by atoms with Gasteiger partial charge in [0, 0.05) is 14.1 Å². The van der Waals surface area contributed by atoms with Crippen molar-refractivity contribution in [3.63, 3.8) is 0 Å². The van der Waals surface area contributed by atoms with Gasteiger partial charge in [-0.1, -0.05) is 0 Å². The van der Waals surface area contributed by atoms with Crippen LogP contribution in [0.1, 0.15) is 20.8 Å². The summed E-state index contributed by atoms with van der Waals surface area (Å²) in [5, 5.41) is 0. The van der Waals surface area contributed by atoms with Crippen molar-refractivity contribution in [3.8, 4) is 0 Å². The van der Waals surface area contributed by atoms with Crippen molar-refractivity contribution in [3.05, 3.63) is 0 Å². The monoisotopic (exact) mass is 298 g/mol. The van der Waals surface area contributed by atoms with E-state index in [2.05, 4.69) is 0 Å². The number of nitrogens with zero attached hydrogens (tertiary/aromatic N) is 2. The molecule has 0 aromatic rings. The smallest absolute Gasteiger partial charge is 0.401 e. The van der Waals surface area contributed by atoms with Gasteiger partial charge in [-0.15, -0.1) is 0 Å². The summed E-state index contributed by atoms with van der Waals surface area (Å²) in [7, 11) is 2.86. The lowest BCUT2D eigenvalue weighted by Crippen LogP contribution is -2.45. The minimum Gasteiger partial charge on any atom is -0.459 e. The molecule has 0 N–H and O–H groups in total. The maximum Gasteiger partial charge on any atom is 0.401 e. The summed E-state index contributed by atoms with van der Waals surface area (Å²) in [6.45, 7) is 2.42. The molecule has 0 fully saturated rings. The molecule has 5 nitrogen and oxygen atoms in total. The van der Waals surface area contributed by atoms with Crippen molar-refractivity contribution >= 4 is 11.9 Å². The number of esters is 1. The SMILES string of the molecule is CN(C)C(=O)CN(CC(=O)OC(C)(C)C)CC(F)(F)F. The Morgan fingerprint density at radius 3 is 1.90 bits per heavy atom. The quantitative estimate of drug-likeness (QED) is 0.718. The molecule has 0 spiro atoms. The van der Waals surface area contributed by atoms with E-state index in [1.54, 1.807) is 20.8 Å². The zero-order valence-electron chi connectivity index (χ0n) is 12.4. The van der Waals surface area contributed by atoms with Gasteiger partial charge >= 0.3 is 12.1 Å². The zero-order chi connectivity index (χ0) is 16.1. The summed E-state index contributed by atoms with van der Waals surface area (Å²) in [6, 6.07) is 0. The highest BCUT2D eigenvalue weighted by atomic mass is 19.4. The standard InChI is InChI=1S/C12H21F3N2O3/c1-11(2,3)20-10(19)7-17(8-12(13,14)15)6-9(18)16(4)5/h6-8H2,1-5H3. The number of rotatable bonds is 5.